The lowest BCUT2D eigenvalue weighted by Gasteiger charge is -2.08. The van der Waals surface area contributed by atoms with Crippen molar-refractivity contribution >= 4 is 43.7 Å². The van der Waals surface area contributed by atoms with Crippen molar-refractivity contribution in [3.8, 4) is 33.8 Å². The second-order valence-electron chi connectivity index (χ2n) is 10.7. The molecule has 7 rings (SSSR count). The van der Waals surface area contributed by atoms with Gasteiger partial charge in [-0.1, -0.05) is 18.2 Å². The van der Waals surface area contributed by atoms with Crippen LogP contribution in [0.4, 0.5) is 10.1 Å². The number of nitrogens with zero attached hydrogens (tertiary/aromatic N) is 4. The Labute approximate surface area is 262 Å². The van der Waals surface area contributed by atoms with Crippen molar-refractivity contribution in [1.82, 2.24) is 34.9 Å². The largest absolute Gasteiger partial charge is 0.338 e. The van der Waals surface area contributed by atoms with Crippen LogP contribution < -0.4 is 10.0 Å². The molecule has 0 aliphatic carbocycles. The molecule has 0 radical (unpaired) electrons. The summed E-state index contributed by atoms with van der Waals surface area (Å²) in [6.07, 6.45) is 5.92. The van der Waals surface area contributed by atoms with E-state index >= 15 is 0 Å². The molecule has 228 valence electrons. The summed E-state index contributed by atoms with van der Waals surface area (Å²) in [7, 11) is -3.45. The third kappa shape index (κ3) is 5.96. The quantitative estimate of drug-likeness (QED) is 0.168. The Hall–Kier alpha value is -5.79. The smallest absolute Gasteiger partial charge is 0.255 e. The van der Waals surface area contributed by atoms with Crippen molar-refractivity contribution < 1.29 is 17.6 Å². The Morgan fingerprint density at radius 2 is 1.80 bits per heavy atom. The fraction of sp³-hybridized carbons (Fsp3) is 0.0606. The maximum absolute atomic E-state index is 14.6. The fourth-order valence-corrected chi connectivity index (χ4v) is 5.65. The van der Waals surface area contributed by atoms with Crippen molar-refractivity contribution in [2.75, 3.05) is 11.6 Å². The zero-order chi connectivity index (χ0) is 31.8. The van der Waals surface area contributed by atoms with Crippen LogP contribution in [0, 0.1) is 5.82 Å². The summed E-state index contributed by atoms with van der Waals surface area (Å²) < 4.78 is 40.2. The standard InChI is InChI=1S/C33H25FN8O3S/c1-46(44,45)37-16-19-11-21(13-23(34)12-19)25-9-10-36-32-26(25)15-29(40-32)31-30-28(41-42-31)8-7-27(39-30)22-14-24(18-35-17-22)38-33(43)20-5-3-2-4-6-20/h2-15,17-18,37H,16H2,1H3,(H,36,40)(H,38,43)(H,41,42). The van der Waals surface area contributed by atoms with Gasteiger partial charge < -0.3 is 10.3 Å². The van der Waals surface area contributed by atoms with Crippen LogP contribution in [0.1, 0.15) is 15.9 Å². The van der Waals surface area contributed by atoms with Gasteiger partial charge in [-0.25, -0.2) is 27.5 Å². The van der Waals surface area contributed by atoms with Crippen LogP contribution in [0.2, 0.25) is 0 Å². The number of aromatic amines is 2. The number of carbonyl (C=O) groups excluding carboxylic acids is 1. The molecule has 5 heterocycles. The van der Waals surface area contributed by atoms with Crippen molar-refractivity contribution in [2.24, 2.45) is 0 Å². The van der Waals surface area contributed by atoms with E-state index in [-0.39, 0.29) is 12.5 Å². The predicted octanol–water partition coefficient (Wildman–Crippen LogP) is 5.67. The van der Waals surface area contributed by atoms with E-state index in [0.29, 0.717) is 67.3 Å². The summed E-state index contributed by atoms with van der Waals surface area (Å²) in [5.74, 6) is -0.733. The lowest BCUT2D eigenvalue weighted by molar-refractivity contribution is 0.102. The second-order valence-corrected chi connectivity index (χ2v) is 12.5. The number of hydrogen-bond donors (Lipinski definition) is 4. The highest BCUT2D eigenvalue weighted by Crippen LogP contribution is 2.34. The van der Waals surface area contributed by atoms with Gasteiger partial charge in [0.25, 0.3) is 5.91 Å². The molecule has 5 aromatic heterocycles. The highest BCUT2D eigenvalue weighted by atomic mass is 32.2. The van der Waals surface area contributed by atoms with E-state index in [1.54, 1.807) is 61.1 Å². The number of amides is 1. The number of hydrogen-bond acceptors (Lipinski definition) is 7. The summed E-state index contributed by atoms with van der Waals surface area (Å²) in [6, 6.07) is 22.5. The molecule has 11 nitrogen and oxygen atoms in total. The fourth-order valence-electron chi connectivity index (χ4n) is 5.22. The highest BCUT2D eigenvalue weighted by molar-refractivity contribution is 7.88. The highest BCUT2D eigenvalue weighted by Gasteiger charge is 2.17. The third-order valence-electron chi connectivity index (χ3n) is 7.33. The molecule has 1 amide bonds. The van der Waals surface area contributed by atoms with Crippen LogP contribution in [-0.4, -0.2) is 50.7 Å². The first-order valence-corrected chi connectivity index (χ1v) is 16.0. The Morgan fingerprint density at radius 1 is 0.957 bits per heavy atom. The van der Waals surface area contributed by atoms with Crippen LogP contribution >= 0.6 is 0 Å². The van der Waals surface area contributed by atoms with E-state index in [1.165, 1.54) is 12.1 Å². The van der Waals surface area contributed by atoms with Crippen LogP contribution in [-0.2, 0) is 16.6 Å². The van der Waals surface area contributed by atoms with Gasteiger partial charge in [-0.3, -0.25) is 14.9 Å². The Bertz CT molecular complexity index is 2370. The zero-order valence-corrected chi connectivity index (χ0v) is 25.1. The summed E-state index contributed by atoms with van der Waals surface area (Å²) >= 11 is 0. The molecule has 46 heavy (non-hydrogen) atoms. The van der Waals surface area contributed by atoms with Crippen molar-refractivity contribution in [1.29, 1.82) is 0 Å². The van der Waals surface area contributed by atoms with E-state index in [2.05, 4.69) is 35.2 Å². The number of pyridine rings is 3. The van der Waals surface area contributed by atoms with Gasteiger partial charge in [0, 0.05) is 35.5 Å². The van der Waals surface area contributed by atoms with Crippen molar-refractivity contribution in [3.05, 3.63) is 114 Å². The molecule has 0 saturated heterocycles. The van der Waals surface area contributed by atoms with Gasteiger partial charge in [-0.05, 0) is 77.4 Å². The summed E-state index contributed by atoms with van der Waals surface area (Å²) in [5.41, 5.74) is 7.23. The number of rotatable bonds is 8. The first-order valence-electron chi connectivity index (χ1n) is 14.1. The van der Waals surface area contributed by atoms with Crippen LogP contribution in [0.15, 0.2) is 97.5 Å². The zero-order valence-electron chi connectivity index (χ0n) is 24.2. The molecule has 0 unspecified atom stereocenters. The number of nitrogens with one attached hydrogen (secondary N) is 4. The van der Waals surface area contributed by atoms with Crippen molar-refractivity contribution in [3.63, 3.8) is 0 Å². The van der Waals surface area contributed by atoms with E-state index in [4.69, 9.17) is 4.98 Å². The topological polar surface area (TPSA) is 158 Å². The molecular formula is C33H25FN8O3S. The average Bonchev–Trinajstić information content (AvgIpc) is 3.68. The van der Waals surface area contributed by atoms with Gasteiger partial charge in [-0.15, -0.1) is 0 Å². The number of halogens is 1. The Balaban J connectivity index is 1.22. The first-order chi connectivity index (χ1) is 22.2. The minimum Gasteiger partial charge on any atom is -0.338 e. The number of fused-ring (bicyclic) bond motifs is 2. The summed E-state index contributed by atoms with van der Waals surface area (Å²) in [4.78, 5) is 29.6. The van der Waals surface area contributed by atoms with Gasteiger partial charge in [0.15, 0.2) is 0 Å². The monoisotopic (exact) mass is 632 g/mol. The van der Waals surface area contributed by atoms with Crippen LogP contribution in [0.5, 0.6) is 0 Å². The van der Waals surface area contributed by atoms with E-state index in [0.717, 1.165) is 11.6 Å². The number of aromatic nitrogens is 6. The van der Waals surface area contributed by atoms with Crippen LogP contribution in [0.25, 0.3) is 55.8 Å². The Morgan fingerprint density at radius 3 is 2.63 bits per heavy atom. The van der Waals surface area contributed by atoms with E-state index in [9.17, 15) is 17.6 Å². The normalized spacial score (nSPS) is 11.7. The molecule has 0 fully saturated rings. The molecule has 4 N–H and O–H groups in total. The number of carbonyl (C=O) groups is 1. The van der Waals surface area contributed by atoms with E-state index in [1.807, 2.05) is 24.3 Å². The molecule has 0 spiro atoms. The molecule has 0 aliphatic rings. The minimum absolute atomic E-state index is 0.0404. The number of sulfonamides is 1. The van der Waals surface area contributed by atoms with Crippen molar-refractivity contribution in [2.45, 2.75) is 6.54 Å². The average molecular weight is 633 g/mol. The SMILES string of the molecule is CS(=O)(=O)NCc1cc(F)cc(-c2ccnc3[nH]c(-c4n[nH]c5ccc(-c6cncc(NC(=O)c7ccccc7)c6)nc45)cc23)c1. The molecule has 7 aromatic rings. The molecule has 13 heteroatoms. The molecule has 0 saturated carbocycles. The van der Waals surface area contributed by atoms with E-state index < -0.39 is 15.8 Å². The maximum Gasteiger partial charge on any atom is 0.255 e. The summed E-state index contributed by atoms with van der Waals surface area (Å²) in [6.45, 7) is -0.0404. The lowest BCUT2D eigenvalue weighted by Crippen LogP contribution is -2.21. The van der Waals surface area contributed by atoms with Gasteiger partial charge >= 0.3 is 0 Å². The molecule has 0 atom stereocenters. The maximum atomic E-state index is 14.6. The van der Waals surface area contributed by atoms with Gasteiger partial charge in [0.2, 0.25) is 10.0 Å². The molecule has 0 bridgehead atoms. The Kier molecular flexibility index (Phi) is 7.31. The predicted molar refractivity (Wildman–Crippen MR) is 174 cm³/mol. The molecular weight excluding hydrogens is 607 g/mol. The summed E-state index contributed by atoms with van der Waals surface area (Å²) in [5, 5.41) is 11.1. The third-order valence-corrected chi connectivity index (χ3v) is 8.00. The van der Waals surface area contributed by atoms with Gasteiger partial charge in [0.05, 0.1) is 35.0 Å². The lowest BCUT2D eigenvalue weighted by atomic mass is 10.0. The van der Waals surface area contributed by atoms with Gasteiger partial charge in [0.1, 0.15) is 22.7 Å². The molecule has 0 aliphatic heterocycles. The first kappa shape index (κ1) is 29.0. The minimum atomic E-state index is -3.45. The second kappa shape index (κ2) is 11.6. The number of benzene rings is 2. The van der Waals surface area contributed by atoms with Gasteiger partial charge in [-0.2, -0.15) is 5.10 Å². The molecule has 2 aromatic carbocycles. The number of anilines is 1. The number of H-pyrrole nitrogens is 2. The van der Waals surface area contributed by atoms with Crippen LogP contribution in [0.3, 0.4) is 0 Å².